The van der Waals surface area contributed by atoms with Crippen molar-refractivity contribution in [1.29, 1.82) is 0 Å². The standard InChI is InChI=1S/C16H27N2O5/c1-5-17-8-9-18(13-17)7-6-10-22-15(20)16(3,11-21-4)12-23-14(2)19/h8-9,13H,5-7,10-12H2,1-4H3/q+1. The van der Waals surface area contributed by atoms with Gasteiger partial charge < -0.3 is 14.2 Å². The van der Waals surface area contributed by atoms with Gasteiger partial charge in [0.25, 0.3) is 0 Å². The fourth-order valence-electron chi connectivity index (χ4n) is 2.08. The van der Waals surface area contributed by atoms with Crippen molar-refractivity contribution in [3.05, 3.63) is 18.7 Å². The molecule has 0 fully saturated rings. The zero-order chi connectivity index (χ0) is 17.3. The molecule has 1 aromatic rings. The monoisotopic (exact) mass is 327 g/mol. The number of rotatable bonds is 10. The van der Waals surface area contributed by atoms with Gasteiger partial charge in [-0.1, -0.05) is 0 Å². The van der Waals surface area contributed by atoms with Gasteiger partial charge in [0.1, 0.15) is 24.4 Å². The number of ether oxygens (including phenoxy) is 3. The number of carbonyl (C=O) groups excluding carboxylic acids is 2. The second-order valence-electron chi connectivity index (χ2n) is 5.75. The lowest BCUT2D eigenvalue weighted by atomic mass is 9.93. The molecule has 7 nitrogen and oxygen atoms in total. The number of hydrogen-bond acceptors (Lipinski definition) is 5. The van der Waals surface area contributed by atoms with Crippen LogP contribution in [0.1, 0.15) is 27.2 Å². The third-order valence-corrected chi connectivity index (χ3v) is 3.45. The van der Waals surface area contributed by atoms with E-state index in [1.54, 1.807) is 6.92 Å². The molecule has 1 atom stereocenters. The van der Waals surface area contributed by atoms with Crippen LogP contribution in [0, 0.1) is 5.41 Å². The molecule has 0 amide bonds. The molecule has 0 aromatic carbocycles. The zero-order valence-corrected chi connectivity index (χ0v) is 14.4. The highest BCUT2D eigenvalue weighted by Crippen LogP contribution is 2.20. The Kier molecular flexibility index (Phi) is 7.74. The first kappa shape index (κ1) is 19.2. The Labute approximate surface area is 137 Å². The highest BCUT2D eigenvalue weighted by molar-refractivity contribution is 5.77. The highest BCUT2D eigenvalue weighted by Gasteiger charge is 2.36. The molecule has 0 bridgehead atoms. The van der Waals surface area contributed by atoms with Crippen LogP contribution in [-0.2, 0) is 36.9 Å². The van der Waals surface area contributed by atoms with Gasteiger partial charge in [0.15, 0.2) is 0 Å². The summed E-state index contributed by atoms with van der Waals surface area (Å²) in [4.78, 5) is 23.2. The Balaban J connectivity index is 2.40. The molecule has 0 saturated heterocycles. The lowest BCUT2D eigenvalue weighted by molar-refractivity contribution is -0.697. The maximum absolute atomic E-state index is 12.2. The van der Waals surface area contributed by atoms with Gasteiger partial charge in [0.05, 0.1) is 26.3 Å². The highest BCUT2D eigenvalue weighted by atomic mass is 16.6. The van der Waals surface area contributed by atoms with Crippen molar-refractivity contribution in [2.45, 2.75) is 40.3 Å². The second kappa shape index (κ2) is 9.29. The molecule has 1 unspecified atom stereocenters. The summed E-state index contributed by atoms with van der Waals surface area (Å²) in [5, 5.41) is 0. The van der Waals surface area contributed by atoms with E-state index in [9.17, 15) is 9.59 Å². The van der Waals surface area contributed by atoms with Gasteiger partial charge in [-0.3, -0.25) is 9.59 Å². The SMILES string of the molecule is CCn1cc[n+](CCCOC(=O)C(C)(COC)COC(C)=O)c1. The average molecular weight is 327 g/mol. The fraction of sp³-hybridized carbons (Fsp3) is 0.688. The van der Waals surface area contributed by atoms with Crippen molar-refractivity contribution in [3.63, 3.8) is 0 Å². The van der Waals surface area contributed by atoms with E-state index in [1.165, 1.54) is 14.0 Å². The molecule has 0 saturated carbocycles. The van der Waals surface area contributed by atoms with E-state index in [-0.39, 0.29) is 13.2 Å². The van der Waals surface area contributed by atoms with Gasteiger partial charge in [-0.2, -0.15) is 0 Å². The molecule has 23 heavy (non-hydrogen) atoms. The lowest BCUT2D eigenvalue weighted by Crippen LogP contribution is -2.40. The molecule has 0 N–H and O–H groups in total. The quantitative estimate of drug-likeness (QED) is 0.363. The van der Waals surface area contributed by atoms with Crippen molar-refractivity contribution in [2.24, 2.45) is 5.41 Å². The maximum atomic E-state index is 12.2. The van der Waals surface area contributed by atoms with Crippen LogP contribution in [-0.4, -0.2) is 43.4 Å². The minimum Gasteiger partial charge on any atom is -0.465 e. The van der Waals surface area contributed by atoms with E-state index in [0.717, 1.165) is 13.1 Å². The summed E-state index contributed by atoms with van der Waals surface area (Å²) < 4.78 is 19.4. The number of imidazole rings is 1. The first-order valence-corrected chi connectivity index (χ1v) is 7.75. The van der Waals surface area contributed by atoms with Crippen LogP contribution < -0.4 is 4.57 Å². The van der Waals surface area contributed by atoms with Crippen LogP contribution in [0.2, 0.25) is 0 Å². The molecular formula is C16H27N2O5+. The Hall–Kier alpha value is -1.89. The Morgan fingerprint density at radius 1 is 1.26 bits per heavy atom. The average Bonchev–Trinajstić information content (AvgIpc) is 2.97. The van der Waals surface area contributed by atoms with Crippen molar-refractivity contribution in [1.82, 2.24) is 4.57 Å². The van der Waals surface area contributed by atoms with Crippen molar-refractivity contribution >= 4 is 11.9 Å². The van der Waals surface area contributed by atoms with Crippen LogP contribution in [0.3, 0.4) is 0 Å². The van der Waals surface area contributed by atoms with Gasteiger partial charge in [-0.05, 0) is 13.8 Å². The topological polar surface area (TPSA) is 70.6 Å². The molecule has 0 aliphatic rings. The number of aryl methyl sites for hydroxylation is 2. The minimum atomic E-state index is -0.987. The molecule has 130 valence electrons. The van der Waals surface area contributed by atoms with Crippen LogP contribution in [0.5, 0.6) is 0 Å². The van der Waals surface area contributed by atoms with E-state index in [1.807, 2.05) is 23.3 Å². The van der Waals surface area contributed by atoms with Crippen molar-refractivity contribution in [2.75, 3.05) is 26.9 Å². The summed E-state index contributed by atoms with van der Waals surface area (Å²) >= 11 is 0. The third kappa shape index (κ3) is 6.40. The number of carbonyl (C=O) groups is 2. The normalized spacial score (nSPS) is 13.4. The number of nitrogens with zero attached hydrogens (tertiary/aromatic N) is 2. The first-order valence-electron chi connectivity index (χ1n) is 7.75. The number of aromatic nitrogens is 2. The Morgan fingerprint density at radius 3 is 2.57 bits per heavy atom. The van der Waals surface area contributed by atoms with Gasteiger partial charge in [-0.15, -0.1) is 0 Å². The van der Waals surface area contributed by atoms with E-state index in [4.69, 9.17) is 14.2 Å². The van der Waals surface area contributed by atoms with Crippen LogP contribution in [0.4, 0.5) is 0 Å². The van der Waals surface area contributed by atoms with Crippen molar-refractivity contribution < 1.29 is 28.4 Å². The molecule has 0 aliphatic heterocycles. The van der Waals surface area contributed by atoms with Crippen LogP contribution >= 0.6 is 0 Å². The Bertz CT molecular complexity index is 514. The fourth-order valence-corrected chi connectivity index (χ4v) is 2.08. The molecule has 0 radical (unpaired) electrons. The smallest absolute Gasteiger partial charge is 0.317 e. The molecule has 1 rings (SSSR count). The molecule has 0 aliphatic carbocycles. The van der Waals surface area contributed by atoms with Gasteiger partial charge in [0.2, 0.25) is 6.33 Å². The minimum absolute atomic E-state index is 0.0525. The third-order valence-electron chi connectivity index (χ3n) is 3.45. The van der Waals surface area contributed by atoms with Crippen molar-refractivity contribution in [3.8, 4) is 0 Å². The van der Waals surface area contributed by atoms with E-state index in [0.29, 0.717) is 13.0 Å². The van der Waals surface area contributed by atoms with Crippen LogP contribution in [0.25, 0.3) is 0 Å². The summed E-state index contributed by atoms with van der Waals surface area (Å²) in [6, 6.07) is 0. The summed E-state index contributed by atoms with van der Waals surface area (Å²) in [6.45, 7) is 7.12. The lowest BCUT2D eigenvalue weighted by Gasteiger charge is -2.25. The van der Waals surface area contributed by atoms with Gasteiger partial charge in [0, 0.05) is 20.5 Å². The summed E-state index contributed by atoms with van der Waals surface area (Å²) in [7, 11) is 1.49. The molecule has 7 heteroatoms. The predicted molar refractivity (Wildman–Crippen MR) is 82.5 cm³/mol. The zero-order valence-electron chi connectivity index (χ0n) is 14.4. The summed E-state index contributed by atoms with van der Waals surface area (Å²) in [5.41, 5.74) is -0.987. The second-order valence-corrected chi connectivity index (χ2v) is 5.75. The molecular weight excluding hydrogens is 300 g/mol. The van der Waals surface area contributed by atoms with E-state index >= 15 is 0 Å². The Morgan fingerprint density at radius 2 is 2.00 bits per heavy atom. The summed E-state index contributed by atoms with van der Waals surface area (Å²) in [5.74, 6) is -0.853. The van der Waals surface area contributed by atoms with Crippen LogP contribution in [0.15, 0.2) is 18.7 Å². The molecule has 0 spiro atoms. The van der Waals surface area contributed by atoms with E-state index in [2.05, 4.69) is 11.5 Å². The first-order chi connectivity index (χ1) is 10.9. The maximum Gasteiger partial charge on any atom is 0.317 e. The van der Waals surface area contributed by atoms with E-state index < -0.39 is 17.4 Å². The molecule has 1 aromatic heterocycles. The largest absolute Gasteiger partial charge is 0.465 e. The number of esters is 2. The summed E-state index contributed by atoms with van der Waals surface area (Å²) in [6.07, 6.45) is 6.71. The predicted octanol–water partition coefficient (Wildman–Crippen LogP) is 0.945. The molecule has 1 heterocycles. The number of methoxy groups -OCH3 is 1. The van der Waals surface area contributed by atoms with Gasteiger partial charge in [-0.25, -0.2) is 9.13 Å². The number of hydrogen-bond donors (Lipinski definition) is 0. The van der Waals surface area contributed by atoms with Gasteiger partial charge >= 0.3 is 11.9 Å².